The number of carbonyl (C=O) groups excluding carboxylic acids is 1. The van der Waals surface area contributed by atoms with E-state index in [-0.39, 0.29) is 18.1 Å². The maximum Gasteiger partial charge on any atom is 0.272 e. The number of aromatic nitrogens is 4. The lowest BCUT2D eigenvalue weighted by Crippen LogP contribution is -2.24. The highest BCUT2D eigenvalue weighted by molar-refractivity contribution is 7.83. The number of carbonyl (C=O) groups is 1. The van der Waals surface area contributed by atoms with E-state index in [1.807, 2.05) is 26.0 Å². The molecular weight excluding hydrogens is 338 g/mol. The van der Waals surface area contributed by atoms with Gasteiger partial charge >= 0.3 is 0 Å². The van der Waals surface area contributed by atoms with Gasteiger partial charge in [-0.15, -0.1) is 0 Å². The molecule has 1 N–H and O–H groups in total. The lowest BCUT2D eigenvalue weighted by molar-refractivity contribution is 0.0944. The van der Waals surface area contributed by atoms with Crippen molar-refractivity contribution in [3.63, 3.8) is 0 Å². The maximum absolute atomic E-state index is 12.5. The van der Waals surface area contributed by atoms with Gasteiger partial charge in [-0.2, -0.15) is 9.19 Å². The summed E-state index contributed by atoms with van der Waals surface area (Å²) in [5.74, 6) is 0.144. The van der Waals surface area contributed by atoms with Gasteiger partial charge in [0.2, 0.25) is 0 Å². The van der Waals surface area contributed by atoms with Crippen LogP contribution in [0, 0.1) is 13.8 Å². The summed E-state index contributed by atoms with van der Waals surface area (Å²) < 4.78 is 13.7. The minimum atomic E-state index is -1.49. The number of nitrogens with zero attached hydrogens (tertiary/aromatic N) is 4. The van der Waals surface area contributed by atoms with Crippen molar-refractivity contribution in [1.82, 2.24) is 24.5 Å². The Kier molecular flexibility index (Phi) is 4.99. The van der Waals surface area contributed by atoms with Crippen LogP contribution in [0.1, 0.15) is 27.4 Å². The topological polar surface area (TPSA) is 89.8 Å². The van der Waals surface area contributed by atoms with Crippen LogP contribution in [0.4, 0.5) is 0 Å². The molecule has 0 saturated heterocycles. The van der Waals surface area contributed by atoms with E-state index in [0.717, 1.165) is 11.1 Å². The van der Waals surface area contributed by atoms with Crippen LogP contribution in [0.15, 0.2) is 53.8 Å². The SMILES string of the molecule is Cc1ccc(S(=O)n2ccc(C(=O)NCc3ncc(C)cn3)n2)cc1. The van der Waals surface area contributed by atoms with E-state index in [9.17, 15) is 9.00 Å². The normalized spacial score (nSPS) is 11.9. The third-order valence-electron chi connectivity index (χ3n) is 3.43. The highest BCUT2D eigenvalue weighted by Gasteiger charge is 2.13. The zero-order valence-electron chi connectivity index (χ0n) is 13.8. The van der Waals surface area contributed by atoms with E-state index in [4.69, 9.17) is 0 Å². The molecule has 8 heteroatoms. The minimum Gasteiger partial charge on any atom is -0.343 e. The predicted octanol–water partition coefficient (Wildman–Crippen LogP) is 1.79. The monoisotopic (exact) mass is 355 g/mol. The van der Waals surface area contributed by atoms with Crippen molar-refractivity contribution in [2.75, 3.05) is 0 Å². The molecule has 0 fully saturated rings. The molecule has 7 nitrogen and oxygen atoms in total. The fraction of sp³-hybridized carbons (Fsp3) is 0.176. The molecule has 3 rings (SSSR count). The standard InChI is InChI=1S/C17H17N5O2S/c1-12-3-5-14(6-4-12)25(24)22-8-7-15(21-22)17(23)20-11-16-18-9-13(2)10-19-16/h3-10H,11H2,1-2H3,(H,20,23). The molecule has 0 bridgehead atoms. The van der Waals surface area contributed by atoms with E-state index in [1.165, 1.54) is 16.4 Å². The highest BCUT2D eigenvalue weighted by atomic mass is 32.2. The quantitative estimate of drug-likeness (QED) is 0.754. The first-order valence-electron chi connectivity index (χ1n) is 7.63. The van der Waals surface area contributed by atoms with E-state index in [0.29, 0.717) is 10.7 Å². The van der Waals surface area contributed by atoms with Gasteiger partial charge in [0, 0.05) is 18.6 Å². The summed E-state index contributed by atoms with van der Waals surface area (Å²) in [7, 11) is -1.49. The Morgan fingerprint density at radius 2 is 1.76 bits per heavy atom. The Balaban J connectivity index is 1.65. The third kappa shape index (κ3) is 4.16. The second kappa shape index (κ2) is 7.35. The van der Waals surface area contributed by atoms with Gasteiger partial charge in [-0.3, -0.25) is 4.79 Å². The van der Waals surface area contributed by atoms with Crippen molar-refractivity contribution in [1.29, 1.82) is 0 Å². The first-order chi connectivity index (χ1) is 12.0. The highest BCUT2D eigenvalue weighted by Crippen LogP contribution is 2.10. The van der Waals surface area contributed by atoms with Gasteiger partial charge in [0.15, 0.2) is 16.7 Å². The fourth-order valence-electron chi connectivity index (χ4n) is 2.04. The van der Waals surface area contributed by atoms with Gasteiger partial charge < -0.3 is 5.32 Å². The van der Waals surface area contributed by atoms with Crippen LogP contribution >= 0.6 is 0 Å². The number of hydrogen-bond acceptors (Lipinski definition) is 5. The molecule has 0 aliphatic heterocycles. The molecule has 25 heavy (non-hydrogen) atoms. The van der Waals surface area contributed by atoms with Gasteiger partial charge in [-0.1, -0.05) is 17.7 Å². The van der Waals surface area contributed by atoms with Gasteiger partial charge in [0.05, 0.1) is 11.4 Å². The number of hydrogen-bond donors (Lipinski definition) is 1. The average molecular weight is 355 g/mol. The molecule has 128 valence electrons. The molecule has 1 amide bonds. The van der Waals surface area contributed by atoms with Crippen LogP contribution in [0.3, 0.4) is 0 Å². The second-order valence-corrected chi connectivity index (χ2v) is 6.87. The summed E-state index contributed by atoms with van der Waals surface area (Å²) in [4.78, 5) is 21.0. The largest absolute Gasteiger partial charge is 0.343 e. The molecule has 0 spiro atoms. The molecule has 2 aromatic heterocycles. The Labute approximate surface area is 147 Å². The molecule has 1 unspecified atom stereocenters. The van der Waals surface area contributed by atoms with Gasteiger partial charge in [0.1, 0.15) is 5.82 Å². The second-order valence-electron chi connectivity index (χ2n) is 5.53. The van der Waals surface area contributed by atoms with Crippen molar-refractivity contribution < 1.29 is 9.00 Å². The van der Waals surface area contributed by atoms with Gasteiger partial charge in [-0.25, -0.2) is 14.2 Å². The first-order valence-corrected chi connectivity index (χ1v) is 8.74. The van der Waals surface area contributed by atoms with Gasteiger partial charge in [-0.05, 0) is 37.6 Å². The van der Waals surface area contributed by atoms with Crippen molar-refractivity contribution in [2.45, 2.75) is 25.3 Å². The number of amides is 1. The van der Waals surface area contributed by atoms with E-state index in [1.54, 1.807) is 24.5 Å². The molecule has 1 aromatic carbocycles. The zero-order valence-corrected chi connectivity index (χ0v) is 14.7. The van der Waals surface area contributed by atoms with E-state index >= 15 is 0 Å². The van der Waals surface area contributed by atoms with Crippen LogP contribution in [-0.2, 0) is 17.5 Å². The Hall–Kier alpha value is -2.87. The van der Waals surface area contributed by atoms with Crippen LogP contribution in [0.2, 0.25) is 0 Å². The Morgan fingerprint density at radius 1 is 1.08 bits per heavy atom. The Morgan fingerprint density at radius 3 is 2.44 bits per heavy atom. The van der Waals surface area contributed by atoms with Crippen molar-refractivity contribution in [2.24, 2.45) is 0 Å². The molecule has 0 aliphatic rings. The number of nitrogens with one attached hydrogen (secondary N) is 1. The molecule has 1 atom stereocenters. The van der Waals surface area contributed by atoms with Crippen LogP contribution in [0.5, 0.6) is 0 Å². The van der Waals surface area contributed by atoms with Gasteiger partial charge in [0.25, 0.3) is 5.91 Å². The fourth-order valence-corrected chi connectivity index (χ4v) is 2.96. The lowest BCUT2D eigenvalue weighted by Gasteiger charge is -2.03. The van der Waals surface area contributed by atoms with E-state index in [2.05, 4.69) is 20.4 Å². The molecule has 0 saturated carbocycles. The summed E-state index contributed by atoms with van der Waals surface area (Å²) in [6, 6.07) is 8.85. The lowest BCUT2D eigenvalue weighted by atomic mass is 10.2. The zero-order chi connectivity index (χ0) is 17.8. The van der Waals surface area contributed by atoms with E-state index < -0.39 is 11.0 Å². The maximum atomic E-state index is 12.5. The first kappa shape index (κ1) is 17.0. The van der Waals surface area contributed by atoms with Crippen LogP contribution < -0.4 is 5.32 Å². The summed E-state index contributed by atoms with van der Waals surface area (Å²) >= 11 is 0. The molecule has 0 aliphatic carbocycles. The molecular formula is C17H17N5O2S. The van der Waals surface area contributed by atoms with Crippen LogP contribution in [0.25, 0.3) is 0 Å². The Bertz CT molecular complexity index is 904. The number of benzene rings is 1. The average Bonchev–Trinajstić information content (AvgIpc) is 3.11. The van der Waals surface area contributed by atoms with Crippen molar-refractivity contribution in [3.05, 3.63) is 71.6 Å². The summed E-state index contributed by atoms with van der Waals surface area (Å²) in [5.41, 5.74) is 2.22. The molecule has 2 heterocycles. The minimum absolute atomic E-state index is 0.188. The summed E-state index contributed by atoms with van der Waals surface area (Å²) in [6.07, 6.45) is 4.90. The summed E-state index contributed by atoms with van der Waals surface area (Å²) in [5, 5.41) is 6.79. The van der Waals surface area contributed by atoms with Crippen molar-refractivity contribution >= 4 is 16.9 Å². The molecule has 0 radical (unpaired) electrons. The third-order valence-corrected chi connectivity index (χ3v) is 4.65. The van der Waals surface area contributed by atoms with Crippen LogP contribution in [-0.4, -0.2) is 29.3 Å². The summed E-state index contributed by atoms with van der Waals surface area (Å²) in [6.45, 7) is 4.05. The predicted molar refractivity (Wildman–Crippen MR) is 93.2 cm³/mol. The van der Waals surface area contributed by atoms with Crippen molar-refractivity contribution in [3.8, 4) is 0 Å². The number of rotatable bonds is 5. The smallest absolute Gasteiger partial charge is 0.272 e. The molecule has 3 aromatic rings. The number of aryl methyl sites for hydroxylation is 2.